The van der Waals surface area contributed by atoms with Crippen molar-refractivity contribution in [1.82, 2.24) is 5.32 Å². The Morgan fingerprint density at radius 1 is 1.15 bits per heavy atom. The predicted molar refractivity (Wildman–Crippen MR) is 80.6 cm³/mol. The van der Waals surface area contributed by atoms with Gasteiger partial charge in [-0.25, -0.2) is 0 Å². The number of ether oxygens (including phenoxy) is 1. The van der Waals surface area contributed by atoms with E-state index >= 15 is 0 Å². The van der Waals surface area contributed by atoms with E-state index < -0.39 is 6.10 Å². The molecule has 114 valence electrons. The van der Waals surface area contributed by atoms with Crippen molar-refractivity contribution in [3.8, 4) is 0 Å². The van der Waals surface area contributed by atoms with Crippen LogP contribution in [0.3, 0.4) is 0 Å². The quantitative estimate of drug-likeness (QED) is 0.573. The van der Waals surface area contributed by atoms with Crippen LogP contribution in [0.5, 0.6) is 0 Å². The second-order valence-electron chi connectivity index (χ2n) is 5.24. The molecule has 3 unspecified atom stereocenters. The van der Waals surface area contributed by atoms with Gasteiger partial charge in [-0.3, -0.25) is 0 Å². The highest BCUT2D eigenvalue weighted by molar-refractivity contribution is 5.16. The summed E-state index contributed by atoms with van der Waals surface area (Å²) in [7, 11) is 0. The van der Waals surface area contributed by atoms with Crippen molar-refractivity contribution in [3.05, 3.63) is 35.9 Å². The monoisotopic (exact) mass is 281 g/mol. The van der Waals surface area contributed by atoms with E-state index in [2.05, 4.69) is 5.32 Å². The van der Waals surface area contributed by atoms with E-state index in [-0.39, 0.29) is 12.2 Å². The maximum absolute atomic E-state index is 9.82. The maximum Gasteiger partial charge on any atom is 0.0897 e. The molecule has 1 aromatic rings. The van der Waals surface area contributed by atoms with Gasteiger partial charge < -0.3 is 20.3 Å². The molecule has 0 amide bonds. The van der Waals surface area contributed by atoms with Crippen molar-refractivity contribution in [2.45, 2.75) is 45.0 Å². The Balaban J connectivity index is 2.09. The molecule has 0 radical (unpaired) electrons. The molecule has 0 fully saturated rings. The molecular formula is C16H27NO3. The van der Waals surface area contributed by atoms with E-state index in [4.69, 9.17) is 9.84 Å². The van der Waals surface area contributed by atoms with Gasteiger partial charge in [0.1, 0.15) is 0 Å². The molecule has 0 aliphatic rings. The summed E-state index contributed by atoms with van der Waals surface area (Å²) in [5, 5.41) is 22.1. The van der Waals surface area contributed by atoms with Crippen molar-refractivity contribution in [2.24, 2.45) is 0 Å². The Hall–Kier alpha value is -0.940. The van der Waals surface area contributed by atoms with Gasteiger partial charge in [0.2, 0.25) is 0 Å². The normalized spacial score (nSPS) is 15.8. The first kappa shape index (κ1) is 17.1. The van der Waals surface area contributed by atoms with Crippen LogP contribution in [0.1, 0.15) is 38.4 Å². The molecular weight excluding hydrogens is 254 g/mol. The third-order valence-corrected chi connectivity index (χ3v) is 3.16. The molecule has 0 aliphatic heterocycles. The first-order valence-electron chi connectivity index (χ1n) is 7.33. The SMILES string of the molecule is CC(O)CCCNCC(O)COC(C)c1ccccc1. The van der Waals surface area contributed by atoms with Crippen LogP contribution in [0, 0.1) is 0 Å². The van der Waals surface area contributed by atoms with Crippen molar-refractivity contribution < 1.29 is 14.9 Å². The average molecular weight is 281 g/mol. The zero-order chi connectivity index (χ0) is 14.8. The highest BCUT2D eigenvalue weighted by Gasteiger charge is 2.09. The van der Waals surface area contributed by atoms with Crippen LogP contribution in [-0.2, 0) is 4.74 Å². The lowest BCUT2D eigenvalue weighted by molar-refractivity contribution is -0.00202. The fourth-order valence-corrected chi connectivity index (χ4v) is 1.93. The molecule has 0 bridgehead atoms. The average Bonchev–Trinajstić information content (AvgIpc) is 2.45. The molecule has 0 aliphatic carbocycles. The van der Waals surface area contributed by atoms with Gasteiger partial charge in [0, 0.05) is 6.54 Å². The van der Waals surface area contributed by atoms with E-state index in [9.17, 15) is 5.11 Å². The summed E-state index contributed by atoms with van der Waals surface area (Å²) in [6.07, 6.45) is 0.918. The summed E-state index contributed by atoms with van der Waals surface area (Å²) in [6, 6.07) is 9.98. The fraction of sp³-hybridized carbons (Fsp3) is 0.625. The minimum atomic E-state index is -0.507. The summed E-state index contributed by atoms with van der Waals surface area (Å²) in [5.41, 5.74) is 1.12. The molecule has 0 spiro atoms. The Morgan fingerprint density at radius 3 is 2.50 bits per heavy atom. The number of benzene rings is 1. The topological polar surface area (TPSA) is 61.7 Å². The highest BCUT2D eigenvalue weighted by atomic mass is 16.5. The van der Waals surface area contributed by atoms with Gasteiger partial charge in [-0.05, 0) is 38.8 Å². The summed E-state index contributed by atoms with van der Waals surface area (Å²) in [4.78, 5) is 0. The van der Waals surface area contributed by atoms with Gasteiger partial charge in [0.15, 0.2) is 0 Å². The lowest BCUT2D eigenvalue weighted by atomic mass is 10.1. The lowest BCUT2D eigenvalue weighted by Gasteiger charge is -2.17. The minimum absolute atomic E-state index is 0.0129. The van der Waals surface area contributed by atoms with Gasteiger partial charge in [-0.15, -0.1) is 0 Å². The molecule has 1 rings (SSSR count). The smallest absolute Gasteiger partial charge is 0.0897 e. The molecule has 0 aromatic heterocycles. The molecule has 0 saturated carbocycles. The number of hydrogen-bond acceptors (Lipinski definition) is 4. The van der Waals surface area contributed by atoms with E-state index in [0.29, 0.717) is 13.2 Å². The maximum atomic E-state index is 9.82. The largest absolute Gasteiger partial charge is 0.393 e. The molecule has 3 atom stereocenters. The number of rotatable bonds is 10. The van der Waals surface area contributed by atoms with Crippen molar-refractivity contribution >= 4 is 0 Å². The molecule has 4 heteroatoms. The molecule has 3 N–H and O–H groups in total. The third-order valence-electron chi connectivity index (χ3n) is 3.16. The zero-order valence-electron chi connectivity index (χ0n) is 12.5. The summed E-state index contributed by atoms with van der Waals surface area (Å²) in [6.45, 7) is 5.41. The van der Waals surface area contributed by atoms with Crippen LogP contribution >= 0.6 is 0 Å². The van der Waals surface area contributed by atoms with Crippen LogP contribution < -0.4 is 5.32 Å². The minimum Gasteiger partial charge on any atom is -0.393 e. The Morgan fingerprint density at radius 2 is 1.85 bits per heavy atom. The number of hydrogen-bond donors (Lipinski definition) is 3. The van der Waals surface area contributed by atoms with Crippen molar-refractivity contribution in [1.29, 1.82) is 0 Å². The van der Waals surface area contributed by atoms with Gasteiger partial charge in [-0.1, -0.05) is 30.3 Å². The van der Waals surface area contributed by atoms with E-state index in [1.165, 1.54) is 0 Å². The molecule has 1 aromatic carbocycles. The molecule has 4 nitrogen and oxygen atoms in total. The standard InChI is InChI=1S/C16H27NO3/c1-13(18)7-6-10-17-11-16(19)12-20-14(2)15-8-4-3-5-9-15/h3-5,8-9,13-14,16-19H,6-7,10-12H2,1-2H3. The Kier molecular flexibility index (Phi) is 8.46. The number of aliphatic hydroxyl groups is 2. The Labute approximate surface area is 121 Å². The molecule has 0 heterocycles. The third kappa shape index (κ3) is 7.60. The Bertz CT molecular complexity index is 343. The first-order chi connectivity index (χ1) is 9.59. The summed E-state index contributed by atoms with van der Waals surface area (Å²) in [5.74, 6) is 0. The van der Waals surface area contributed by atoms with Crippen molar-refractivity contribution in [2.75, 3.05) is 19.7 Å². The van der Waals surface area contributed by atoms with Crippen molar-refractivity contribution in [3.63, 3.8) is 0 Å². The zero-order valence-corrected chi connectivity index (χ0v) is 12.5. The van der Waals surface area contributed by atoms with Gasteiger partial charge in [-0.2, -0.15) is 0 Å². The first-order valence-corrected chi connectivity index (χ1v) is 7.33. The summed E-state index contributed by atoms with van der Waals surface area (Å²) < 4.78 is 5.66. The van der Waals surface area contributed by atoms with E-state index in [1.807, 2.05) is 37.3 Å². The van der Waals surface area contributed by atoms with Crippen LogP contribution in [-0.4, -0.2) is 42.1 Å². The van der Waals surface area contributed by atoms with Crippen LogP contribution in [0.2, 0.25) is 0 Å². The second-order valence-corrected chi connectivity index (χ2v) is 5.24. The molecule has 20 heavy (non-hydrogen) atoms. The predicted octanol–water partition coefficient (Wildman–Crippen LogP) is 1.88. The molecule has 0 saturated heterocycles. The van der Waals surface area contributed by atoms with Gasteiger partial charge in [0.25, 0.3) is 0 Å². The highest BCUT2D eigenvalue weighted by Crippen LogP contribution is 2.15. The van der Waals surface area contributed by atoms with E-state index in [0.717, 1.165) is 24.9 Å². The lowest BCUT2D eigenvalue weighted by Crippen LogP contribution is -2.31. The number of nitrogens with one attached hydrogen (secondary N) is 1. The van der Waals surface area contributed by atoms with Gasteiger partial charge in [0.05, 0.1) is 24.9 Å². The second kappa shape index (κ2) is 9.88. The summed E-state index contributed by atoms with van der Waals surface area (Å²) >= 11 is 0. The van der Waals surface area contributed by atoms with Crippen LogP contribution in [0.15, 0.2) is 30.3 Å². The van der Waals surface area contributed by atoms with Crippen LogP contribution in [0.4, 0.5) is 0 Å². The number of aliphatic hydroxyl groups excluding tert-OH is 2. The van der Waals surface area contributed by atoms with Crippen LogP contribution in [0.25, 0.3) is 0 Å². The van der Waals surface area contributed by atoms with E-state index in [1.54, 1.807) is 6.92 Å². The van der Waals surface area contributed by atoms with Gasteiger partial charge >= 0.3 is 0 Å². The fourth-order valence-electron chi connectivity index (χ4n) is 1.93.